The van der Waals surface area contributed by atoms with Crippen LogP contribution in [0.25, 0.3) is 0 Å². The highest BCUT2D eigenvalue weighted by atomic mass is 79.9. The van der Waals surface area contributed by atoms with Crippen molar-refractivity contribution in [3.05, 3.63) is 52.3 Å². The Labute approximate surface area is 121 Å². The summed E-state index contributed by atoms with van der Waals surface area (Å²) in [6.45, 7) is 3.82. The number of sulfonamides is 1. The Morgan fingerprint density at radius 3 is 2.53 bits per heavy atom. The quantitative estimate of drug-likeness (QED) is 0.932. The summed E-state index contributed by atoms with van der Waals surface area (Å²) in [5.41, 5.74) is 2.40. The second-order valence-electron chi connectivity index (χ2n) is 4.21. The summed E-state index contributed by atoms with van der Waals surface area (Å²) in [6.07, 6.45) is 3.05. The third kappa shape index (κ3) is 3.13. The van der Waals surface area contributed by atoms with Gasteiger partial charge in [0.1, 0.15) is 4.90 Å². The number of aromatic nitrogens is 1. The smallest absolute Gasteiger partial charge is 0.263 e. The summed E-state index contributed by atoms with van der Waals surface area (Å²) in [6, 6.07) is 6.78. The van der Waals surface area contributed by atoms with Crippen LogP contribution in [0.3, 0.4) is 0 Å². The summed E-state index contributed by atoms with van der Waals surface area (Å²) < 4.78 is 27.7. The first-order valence-electron chi connectivity index (χ1n) is 5.60. The van der Waals surface area contributed by atoms with E-state index in [1.54, 1.807) is 30.5 Å². The first kappa shape index (κ1) is 14.0. The molecule has 19 heavy (non-hydrogen) atoms. The zero-order chi connectivity index (χ0) is 14.0. The Morgan fingerprint density at radius 2 is 1.89 bits per heavy atom. The van der Waals surface area contributed by atoms with Crippen LogP contribution < -0.4 is 4.72 Å². The van der Waals surface area contributed by atoms with Gasteiger partial charge < -0.3 is 0 Å². The molecule has 0 bridgehead atoms. The number of pyridine rings is 1. The fourth-order valence-electron chi connectivity index (χ4n) is 1.59. The normalized spacial score (nSPS) is 11.3. The third-order valence-corrected chi connectivity index (χ3v) is 5.09. The molecule has 0 fully saturated rings. The van der Waals surface area contributed by atoms with Crippen molar-refractivity contribution in [2.24, 2.45) is 0 Å². The van der Waals surface area contributed by atoms with Crippen molar-refractivity contribution in [1.82, 2.24) is 4.98 Å². The zero-order valence-electron chi connectivity index (χ0n) is 10.5. The molecule has 1 heterocycles. The Balaban J connectivity index is 2.43. The lowest BCUT2D eigenvalue weighted by Gasteiger charge is -2.11. The number of anilines is 1. The lowest BCUT2D eigenvalue weighted by atomic mass is 10.1. The molecular weight excluding hydrogens is 328 g/mol. The third-order valence-electron chi connectivity index (χ3n) is 2.75. The Kier molecular flexibility index (Phi) is 3.91. The molecule has 6 heteroatoms. The van der Waals surface area contributed by atoms with Gasteiger partial charge in [-0.1, -0.05) is 0 Å². The van der Waals surface area contributed by atoms with E-state index in [9.17, 15) is 8.42 Å². The lowest BCUT2D eigenvalue weighted by Crippen LogP contribution is -2.14. The van der Waals surface area contributed by atoms with Crippen LogP contribution in [0.15, 0.2) is 46.0 Å². The molecule has 0 spiro atoms. The van der Waals surface area contributed by atoms with E-state index in [-0.39, 0.29) is 4.90 Å². The summed E-state index contributed by atoms with van der Waals surface area (Å²) >= 11 is 3.30. The van der Waals surface area contributed by atoms with E-state index < -0.39 is 10.0 Å². The van der Waals surface area contributed by atoms with Gasteiger partial charge in [-0.15, -0.1) is 0 Å². The molecule has 0 aliphatic rings. The van der Waals surface area contributed by atoms with Gasteiger partial charge in [0.25, 0.3) is 10.0 Å². The number of aryl methyl sites for hydroxylation is 2. The predicted molar refractivity (Wildman–Crippen MR) is 78.7 cm³/mol. The molecule has 0 unspecified atom stereocenters. The molecule has 1 aromatic carbocycles. The van der Waals surface area contributed by atoms with Crippen LogP contribution in [0.2, 0.25) is 0 Å². The van der Waals surface area contributed by atoms with Gasteiger partial charge in [0.2, 0.25) is 0 Å². The van der Waals surface area contributed by atoms with Gasteiger partial charge in [-0.25, -0.2) is 8.42 Å². The number of hydrogen-bond acceptors (Lipinski definition) is 3. The first-order chi connectivity index (χ1) is 8.90. The molecule has 0 aliphatic heterocycles. The van der Waals surface area contributed by atoms with Crippen LogP contribution in [0.5, 0.6) is 0 Å². The number of halogens is 1. The highest BCUT2D eigenvalue weighted by Gasteiger charge is 2.18. The number of nitrogens with zero attached hydrogens (tertiary/aromatic N) is 1. The average molecular weight is 341 g/mol. The summed E-state index contributed by atoms with van der Waals surface area (Å²) in [7, 11) is -3.62. The fourth-order valence-corrected chi connectivity index (χ4v) is 3.88. The van der Waals surface area contributed by atoms with E-state index in [2.05, 4.69) is 25.6 Å². The minimum Gasteiger partial charge on any atom is -0.278 e. The highest BCUT2D eigenvalue weighted by molar-refractivity contribution is 9.10. The largest absolute Gasteiger partial charge is 0.278 e. The fraction of sp³-hybridized carbons (Fsp3) is 0.154. The van der Waals surface area contributed by atoms with Crippen molar-refractivity contribution in [2.75, 3.05) is 4.72 Å². The van der Waals surface area contributed by atoms with Crippen LogP contribution >= 0.6 is 15.9 Å². The Bertz CT molecular complexity index is 700. The van der Waals surface area contributed by atoms with Crippen LogP contribution in [0, 0.1) is 13.8 Å². The first-order valence-corrected chi connectivity index (χ1v) is 7.87. The van der Waals surface area contributed by atoms with Gasteiger partial charge in [-0.3, -0.25) is 9.71 Å². The molecule has 2 rings (SSSR count). The highest BCUT2D eigenvalue weighted by Crippen LogP contribution is 2.27. The molecule has 1 N–H and O–H groups in total. The van der Waals surface area contributed by atoms with Crippen molar-refractivity contribution in [1.29, 1.82) is 0 Å². The van der Waals surface area contributed by atoms with Crippen LogP contribution in [-0.2, 0) is 10.0 Å². The topological polar surface area (TPSA) is 59.1 Å². The Hall–Kier alpha value is -1.40. The van der Waals surface area contributed by atoms with Crippen molar-refractivity contribution in [3.63, 3.8) is 0 Å². The van der Waals surface area contributed by atoms with E-state index in [1.807, 2.05) is 13.8 Å². The van der Waals surface area contributed by atoms with Crippen LogP contribution in [0.1, 0.15) is 11.1 Å². The van der Waals surface area contributed by atoms with Gasteiger partial charge in [-0.05, 0) is 65.2 Å². The summed E-state index contributed by atoms with van der Waals surface area (Å²) in [4.78, 5) is 4.10. The Morgan fingerprint density at radius 1 is 1.21 bits per heavy atom. The molecule has 0 saturated heterocycles. The van der Waals surface area contributed by atoms with Gasteiger partial charge in [0, 0.05) is 10.7 Å². The maximum Gasteiger partial charge on any atom is 0.263 e. The molecule has 4 nitrogen and oxygen atoms in total. The SMILES string of the molecule is Cc1cc(Br)c(S(=O)(=O)Nc2cccnc2)cc1C. The maximum atomic E-state index is 12.3. The monoisotopic (exact) mass is 340 g/mol. The minimum atomic E-state index is -3.62. The summed E-state index contributed by atoms with van der Waals surface area (Å²) in [5.74, 6) is 0. The number of benzene rings is 1. The van der Waals surface area contributed by atoms with Crippen molar-refractivity contribution < 1.29 is 8.42 Å². The van der Waals surface area contributed by atoms with E-state index in [0.29, 0.717) is 10.2 Å². The van der Waals surface area contributed by atoms with Crippen LogP contribution in [0.4, 0.5) is 5.69 Å². The number of rotatable bonds is 3. The number of nitrogens with one attached hydrogen (secondary N) is 1. The van der Waals surface area contributed by atoms with Gasteiger partial charge >= 0.3 is 0 Å². The van der Waals surface area contributed by atoms with E-state index in [1.165, 1.54) is 6.20 Å². The molecule has 100 valence electrons. The van der Waals surface area contributed by atoms with Gasteiger partial charge in [-0.2, -0.15) is 0 Å². The molecule has 0 atom stereocenters. The van der Waals surface area contributed by atoms with Gasteiger partial charge in [0.15, 0.2) is 0 Å². The molecule has 0 aliphatic carbocycles. The number of hydrogen-bond donors (Lipinski definition) is 1. The second-order valence-corrected chi connectivity index (χ2v) is 6.72. The standard InChI is InChI=1S/C13H13BrN2O2S/c1-9-6-12(14)13(7-10(9)2)19(17,18)16-11-4-3-5-15-8-11/h3-8,16H,1-2H3. The molecule has 0 radical (unpaired) electrons. The molecule has 0 saturated carbocycles. The molecule has 1 aromatic heterocycles. The van der Waals surface area contributed by atoms with Crippen molar-refractivity contribution in [3.8, 4) is 0 Å². The predicted octanol–water partition coefficient (Wildman–Crippen LogP) is 3.26. The minimum absolute atomic E-state index is 0.222. The van der Waals surface area contributed by atoms with Crippen molar-refractivity contribution >= 4 is 31.6 Å². The van der Waals surface area contributed by atoms with E-state index >= 15 is 0 Å². The second kappa shape index (κ2) is 5.30. The molecule has 0 amide bonds. The zero-order valence-corrected chi connectivity index (χ0v) is 12.9. The summed E-state index contributed by atoms with van der Waals surface area (Å²) in [5, 5.41) is 0. The van der Waals surface area contributed by atoms with E-state index in [4.69, 9.17) is 0 Å². The van der Waals surface area contributed by atoms with Crippen LogP contribution in [-0.4, -0.2) is 13.4 Å². The van der Waals surface area contributed by atoms with E-state index in [0.717, 1.165) is 11.1 Å². The molecular formula is C13H13BrN2O2S. The molecule has 2 aromatic rings. The van der Waals surface area contributed by atoms with Gasteiger partial charge in [0.05, 0.1) is 11.9 Å². The van der Waals surface area contributed by atoms with Crippen molar-refractivity contribution in [2.45, 2.75) is 18.7 Å². The average Bonchev–Trinajstić information content (AvgIpc) is 2.34. The maximum absolute atomic E-state index is 12.3. The lowest BCUT2D eigenvalue weighted by molar-refractivity contribution is 0.600.